The van der Waals surface area contributed by atoms with Crippen molar-refractivity contribution < 1.29 is 47.0 Å². The lowest BCUT2D eigenvalue weighted by Crippen LogP contribution is -2.59. The largest absolute Gasteiger partial charge is 0.489 e. The SMILES string of the molecule is CN[C@@H](C)C(=O)N[C@H](C(=O)N1CCN(C(=O)c2c(C(=O)N(C)CCOCCOCCOc3cc(CN4CCC(Oc5ccnc6ccsc56)CC4)on3)c3cc(F)ccc3n2C)CC1)C1CCCCC1. The lowest BCUT2D eigenvalue weighted by molar-refractivity contribution is -0.140. The van der Waals surface area contributed by atoms with E-state index in [2.05, 4.69) is 25.7 Å². The number of aromatic nitrogens is 3. The van der Waals surface area contributed by atoms with Crippen LogP contribution in [0.2, 0.25) is 0 Å². The van der Waals surface area contributed by atoms with Crippen molar-refractivity contribution in [1.29, 1.82) is 0 Å². The van der Waals surface area contributed by atoms with E-state index in [4.69, 9.17) is 23.5 Å². The first-order chi connectivity index (χ1) is 34.0. The predicted octanol–water partition coefficient (Wildman–Crippen LogP) is 5.10. The Balaban J connectivity index is 0.754. The standard InChI is InChI=1S/C50H66FN9O9S/c1-33(52-2)47(61)54-44(34-8-6-5-7-9-34)49(63)59-19-21-60(22-20-59)50(64)45-43(38-30-35(51)10-11-40(38)57(45)4)48(62)56(3)23-24-65-25-26-66-27-28-67-42-31-37(69-55-42)32-58-17-13-36(14-18-58)68-41-12-16-53-39-15-29-70-46(39)41/h10-12,15-16,29-31,33-34,36,44,52H,5-9,13-14,17-28,32H2,1-4H3,(H,54,61)/t33-,44-/m0/s1. The molecule has 0 bridgehead atoms. The van der Waals surface area contributed by atoms with Crippen LogP contribution in [0.3, 0.4) is 0 Å². The summed E-state index contributed by atoms with van der Waals surface area (Å²) in [5.41, 5.74) is 1.76. The van der Waals surface area contributed by atoms with Gasteiger partial charge in [0, 0.05) is 83.1 Å². The van der Waals surface area contributed by atoms with Crippen LogP contribution in [0.25, 0.3) is 21.1 Å². The maximum Gasteiger partial charge on any atom is 0.271 e. The second-order valence-corrected chi connectivity index (χ2v) is 19.3. The third kappa shape index (κ3) is 12.3. The average molecular weight is 988 g/mol. The van der Waals surface area contributed by atoms with E-state index >= 15 is 0 Å². The molecule has 4 aromatic heterocycles. The van der Waals surface area contributed by atoms with E-state index in [1.54, 1.807) is 72.1 Å². The van der Waals surface area contributed by atoms with Crippen LogP contribution >= 0.6 is 11.3 Å². The molecule has 3 fully saturated rings. The highest BCUT2D eigenvalue weighted by Crippen LogP contribution is 2.33. The number of hydrogen-bond donors (Lipinski definition) is 2. The normalized spacial score (nSPS) is 17.2. The zero-order valence-corrected chi connectivity index (χ0v) is 41.5. The molecule has 6 heterocycles. The average Bonchev–Trinajstić information content (AvgIpc) is 4.13. The number of pyridine rings is 1. The number of piperazine rings is 1. The van der Waals surface area contributed by atoms with Gasteiger partial charge in [-0.15, -0.1) is 11.3 Å². The van der Waals surface area contributed by atoms with Gasteiger partial charge in [-0.3, -0.25) is 29.1 Å². The summed E-state index contributed by atoms with van der Waals surface area (Å²) >= 11 is 1.65. The van der Waals surface area contributed by atoms with E-state index in [0.717, 1.165) is 79.8 Å². The first-order valence-electron chi connectivity index (χ1n) is 24.5. The van der Waals surface area contributed by atoms with Gasteiger partial charge in [0.05, 0.1) is 54.8 Å². The zero-order valence-electron chi connectivity index (χ0n) is 40.7. The van der Waals surface area contributed by atoms with Gasteiger partial charge in [0.25, 0.3) is 17.7 Å². The topological polar surface area (TPSA) is 186 Å². The van der Waals surface area contributed by atoms with Crippen molar-refractivity contribution in [2.45, 2.75) is 76.6 Å². The summed E-state index contributed by atoms with van der Waals surface area (Å²) in [5.74, 6) is 0.347. The maximum absolute atomic E-state index is 14.7. The molecule has 2 aliphatic heterocycles. The minimum Gasteiger partial charge on any atom is -0.489 e. The smallest absolute Gasteiger partial charge is 0.271 e. The zero-order chi connectivity index (χ0) is 49.1. The number of amides is 4. The molecule has 1 saturated carbocycles. The lowest BCUT2D eigenvalue weighted by Gasteiger charge is -2.39. The summed E-state index contributed by atoms with van der Waals surface area (Å²) in [6, 6.07) is 8.82. The number of likely N-dealkylation sites (N-methyl/N-ethyl adjacent to an activating group) is 2. The molecule has 378 valence electrons. The fourth-order valence-corrected chi connectivity index (χ4v) is 10.4. The van der Waals surface area contributed by atoms with Crippen LogP contribution in [0.4, 0.5) is 4.39 Å². The number of nitrogens with one attached hydrogen (secondary N) is 2. The van der Waals surface area contributed by atoms with Crippen molar-refractivity contribution >= 4 is 56.1 Å². The highest BCUT2D eigenvalue weighted by atomic mass is 32.1. The fourth-order valence-electron chi connectivity index (χ4n) is 9.60. The lowest BCUT2D eigenvalue weighted by atomic mass is 9.83. The molecule has 70 heavy (non-hydrogen) atoms. The van der Waals surface area contributed by atoms with Crippen LogP contribution in [-0.2, 0) is 32.7 Å². The molecule has 8 rings (SSSR count). The molecule has 2 saturated heterocycles. The van der Waals surface area contributed by atoms with Crippen molar-refractivity contribution in [2.75, 3.05) is 92.9 Å². The van der Waals surface area contributed by atoms with Gasteiger partial charge in [0.15, 0.2) is 5.76 Å². The third-order valence-electron chi connectivity index (χ3n) is 13.8. The summed E-state index contributed by atoms with van der Waals surface area (Å²) in [7, 11) is 5.02. The van der Waals surface area contributed by atoms with E-state index in [9.17, 15) is 23.6 Å². The molecular weight excluding hydrogens is 922 g/mol. The predicted molar refractivity (Wildman–Crippen MR) is 262 cm³/mol. The van der Waals surface area contributed by atoms with Crippen LogP contribution in [0, 0.1) is 11.7 Å². The van der Waals surface area contributed by atoms with Gasteiger partial charge in [-0.1, -0.05) is 19.3 Å². The monoisotopic (exact) mass is 987 g/mol. The molecule has 0 spiro atoms. The molecule has 18 nitrogen and oxygen atoms in total. The molecule has 1 aliphatic carbocycles. The van der Waals surface area contributed by atoms with E-state index in [0.29, 0.717) is 36.5 Å². The van der Waals surface area contributed by atoms with Crippen LogP contribution in [0.5, 0.6) is 11.6 Å². The Labute approximate surface area is 411 Å². The van der Waals surface area contributed by atoms with Gasteiger partial charge in [0.1, 0.15) is 36.0 Å². The first kappa shape index (κ1) is 50.7. The van der Waals surface area contributed by atoms with Crippen molar-refractivity contribution in [3.05, 3.63) is 70.8 Å². The Kier molecular flexibility index (Phi) is 17.4. The van der Waals surface area contributed by atoms with Gasteiger partial charge in [-0.25, -0.2) is 4.39 Å². The maximum atomic E-state index is 14.7. The second kappa shape index (κ2) is 24.0. The highest BCUT2D eigenvalue weighted by molar-refractivity contribution is 7.17. The number of ether oxygens (including phenoxy) is 4. The number of rotatable bonds is 21. The number of benzene rings is 1. The number of fused-ring (bicyclic) bond motifs is 2. The molecule has 1 aromatic carbocycles. The molecule has 5 aromatic rings. The quantitative estimate of drug-likeness (QED) is 0.0927. The molecule has 3 aliphatic rings. The second-order valence-electron chi connectivity index (χ2n) is 18.4. The van der Waals surface area contributed by atoms with Gasteiger partial charge in [-0.05, 0) is 86.4 Å². The molecule has 2 atom stereocenters. The Morgan fingerprint density at radius 2 is 1.64 bits per heavy atom. The molecule has 0 radical (unpaired) electrons. The van der Waals surface area contributed by atoms with Crippen molar-refractivity contribution in [3.8, 4) is 11.6 Å². The van der Waals surface area contributed by atoms with Gasteiger partial charge in [-0.2, -0.15) is 0 Å². The van der Waals surface area contributed by atoms with Crippen molar-refractivity contribution in [3.63, 3.8) is 0 Å². The number of thiophene rings is 1. The van der Waals surface area contributed by atoms with Crippen LogP contribution in [0.15, 0.2) is 52.5 Å². The van der Waals surface area contributed by atoms with Crippen LogP contribution in [0.1, 0.15) is 78.5 Å². The molecule has 20 heteroatoms. The third-order valence-corrected chi connectivity index (χ3v) is 14.7. The Morgan fingerprint density at radius 1 is 0.914 bits per heavy atom. The summed E-state index contributed by atoms with van der Waals surface area (Å²) in [6.07, 6.45) is 8.64. The number of halogens is 1. The molecule has 4 amide bonds. The summed E-state index contributed by atoms with van der Waals surface area (Å²) < 4.78 is 46.6. The fraction of sp³-hybridized carbons (Fsp3) is 0.560. The van der Waals surface area contributed by atoms with Crippen molar-refractivity contribution in [2.24, 2.45) is 13.0 Å². The summed E-state index contributed by atoms with van der Waals surface area (Å²) in [6.45, 7) is 6.73. The van der Waals surface area contributed by atoms with Crippen LogP contribution in [-0.4, -0.2) is 169 Å². The van der Waals surface area contributed by atoms with Crippen molar-refractivity contribution in [1.82, 2.24) is 44.9 Å². The van der Waals surface area contributed by atoms with E-state index in [-0.39, 0.29) is 93.5 Å². The highest BCUT2D eigenvalue weighted by Gasteiger charge is 2.38. The van der Waals surface area contributed by atoms with Crippen LogP contribution < -0.4 is 20.1 Å². The molecule has 0 unspecified atom stereocenters. The minimum absolute atomic E-state index is 0.0472. The van der Waals surface area contributed by atoms with E-state index < -0.39 is 23.8 Å². The Morgan fingerprint density at radius 3 is 2.40 bits per heavy atom. The Hall–Kier alpha value is -5.67. The van der Waals surface area contributed by atoms with E-state index in [1.807, 2.05) is 17.5 Å². The number of nitrogens with zero attached hydrogens (tertiary/aromatic N) is 7. The minimum atomic E-state index is -0.639. The molecular formula is C50H66FN9O9S. The first-order valence-corrected chi connectivity index (χ1v) is 25.4. The van der Waals surface area contributed by atoms with E-state index in [1.165, 1.54) is 17.0 Å². The number of carbonyl (C=O) groups is 4. The summed E-state index contributed by atoms with van der Waals surface area (Å²) in [5, 5.41) is 12.4. The number of piperidine rings is 1. The molecule has 2 N–H and O–H groups in total. The number of carbonyl (C=O) groups excluding carboxylic acids is 4. The number of hydrogen-bond acceptors (Lipinski definition) is 14. The van der Waals surface area contributed by atoms with Gasteiger partial charge < -0.3 is 53.4 Å². The summed E-state index contributed by atoms with van der Waals surface area (Å²) in [4.78, 5) is 67.1. The number of aryl methyl sites for hydroxylation is 1. The van der Waals surface area contributed by atoms with Gasteiger partial charge >= 0.3 is 0 Å². The Bertz CT molecular complexity index is 2560. The number of likely N-dealkylation sites (tertiary alicyclic amines) is 1. The van der Waals surface area contributed by atoms with Gasteiger partial charge in [0.2, 0.25) is 11.8 Å².